The van der Waals surface area contributed by atoms with Crippen LogP contribution < -0.4 is 11.1 Å². The molecule has 1 fully saturated rings. The van der Waals surface area contributed by atoms with Crippen molar-refractivity contribution < 1.29 is 14.3 Å². The highest BCUT2D eigenvalue weighted by molar-refractivity contribution is 5.94. The summed E-state index contributed by atoms with van der Waals surface area (Å²) in [5, 5.41) is 3.25. The number of carbonyl (C=O) groups is 1. The van der Waals surface area contributed by atoms with Crippen molar-refractivity contribution in [2.45, 2.75) is 12.6 Å². The highest BCUT2D eigenvalue weighted by atomic mass is 16.6. The molecule has 98 valence electrons. The van der Waals surface area contributed by atoms with Crippen molar-refractivity contribution in [1.29, 1.82) is 0 Å². The van der Waals surface area contributed by atoms with Gasteiger partial charge in [0, 0.05) is 18.7 Å². The fraction of sp³-hybridized carbons (Fsp3) is 0.462. The number of hydrogen-bond donors (Lipinski definition) is 2. The number of hydrogen-bond acceptors (Lipinski definition) is 4. The number of primary amides is 1. The van der Waals surface area contributed by atoms with Gasteiger partial charge in [0.05, 0.1) is 25.9 Å². The van der Waals surface area contributed by atoms with Crippen molar-refractivity contribution >= 4 is 5.91 Å². The molecule has 1 heterocycles. The van der Waals surface area contributed by atoms with Crippen molar-refractivity contribution in [2.75, 3.05) is 26.4 Å². The summed E-state index contributed by atoms with van der Waals surface area (Å²) in [6.07, 6.45) is 0.0829. The Labute approximate surface area is 106 Å². The van der Waals surface area contributed by atoms with Crippen molar-refractivity contribution in [3.63, 3.8) is 0 Å². The summed E-state index contributed by atoms with van der Waals surface area (Å²) in [6, 6.07) is 7.33. The van der Waals surface area contributed by atoms with Gasteiger partial charge >= 0.3 is 0 Å². The van der Waals surface area contributed by atoms with E-state index in [0.29, 0.717) is 38.5 Å². The third-order valence-electron chi connectivity index (χ3n) is 2.86. The number of benzene rings is 1. The third kappa shape index (κ3) is 3.53. The zero-order chi connectivity index (χ0) is 12.8. The number of rotatable bonds is 5. The van der Waals surface area contributed by atoms with Gasteiger partial charge in [0.2, 0.25) is 5.91 Å². The molecule has 1 saturated heterocycles. The highest BCUT2D eigenvalue weighted by Crippen LogP contribution is 2.08. The van der Waals surface area contributed by atoms with Gasteiger partial charge in [0.1, 0.15) is 0 Å². The predicted molar refractivity (Wildman–Crippen MR) is 67.2 cm³/mol. The minimum atomic E-state index is -0.398. The van der Waals surface area contributed by atoms with Crippen LogP contribution in [-0.4, -0.2) is 38.4 Å². The monoisotopic (exact) mass is 250 g/mol. The van der Waals surface area contributed by atoms with E-state index in [1.54, 1.807) is 6.07 Å². The van der Waals surface area contributed by atoms with E-state index in [-0.39, 0.29) is 6.10 Å². The molecule has 2 rings (SSSR count). The van der Waals surface area contributed by atoms with Crippen LogP contribution in [0.2, 0.25) is 0 Å². The third-order valence-corrected chi connectivity index (χ3v) is 2.86. The van der Waals surface area contributed by atoms with Crippen LogP contribution in [0.5, 0.6) is 0 Å². The van der Waals surface area contributed by atoms with E-state index in [4.69, 9.17) is 15.2 Å². The molecule has 1 aliphatic rings. The second-order valence-electron chi connectivity index (χ2n) is 4.22. The first-order chi connectivity index (χ1) is 8.77. The lowest BCUT2D eigenvalue weighted by molar-refractivity contribution is -0.0864. The average Bonchev–Trinajstić information content (AvgIpc) is 2.40. The maximum atomic E-state index is 11.2. The molecule has 0 aliphatic carbocycles. The summed E-state index contributed by atoms with van der Waals surface area (Å²) >= 11 is 0. The van der Waals surface area contributed by atoms with E-state index in [9.17, 15) is 4.79 Å². The molecule has 1 aromatic carbocycles. The van der Waals surface area contributed by atoms with Gasteiger partial charge in [0.15, 0.2) is 0 Å². The molecule has 1 aliphatic heterocycles. The van der Waals surface area contributed by atoms with Gasteiger partial charge < -0.3 is 20.5 Å². The van der Waals surface area contributed by atoms with Crippen LogP contribution in [-0.2, 0) is 16.0 Å². The predicted octanol–water partition coefficient (Wildman–Crippen LogP) is 0.290. The molecule has 1 atom stereocenters. The molecule has 0 bridgehead atoms. The largest absolute Gasteiger partial charge is 0.376 e. The Morgan fingerprint density at radius 2 is 2.22 bits per heavy atom. The van der Waals surface area contributed by atoms with Crippen molar-refractivity contribution in [3.8, 4) is 0 Å². The molecular formula is C13H18N2O3. The van der Waals surface area contributed by atoms with Crippen LogP contribution in [0.25, 0.3) is 0 Å². The number of ether oxygens (including phenoxy) is 2. The second kappa shape index (κ2) is 6.49. The Morgan fingerprint density at radius 1 is 1.39 bits per heavy atom. The second-order valence-corrected chi connectivity index (χ2v) is 4.22. The lowest BCUT2D eigenvalue weighted by Crippen LogP contribution is -2.37. The lowest BCUT2D eigenvalue weighted by atomic mass is 10.1. The van der Waals surface area contributed by atoms with Crippen LogP contribution >= 0.6 is 0 Å². The minimum absolute atomic E-state index is 0.0829. The van der Waals surface area contributed by atoms with Crippen molar-refractivity contribution in [1.82, 2.24) is 5.32 Å². The van der Waals surface area contributed by atoms with Gasteiger partial charge in [-0.05, 0) is 11.6 Å². The first-order valence-electron chi connectivity index (χ1n) is 6.05. The van der Waals surface area contributed by atoms with Crippen LogP contribution in [0, 0.1) is 0 Å². The number of nitrogens with one attached hydrogen (secondary N) is 1. The number of carbonyl (C=O) groups excluding carboxylic acids is 1. The Hall–Kier alpha value is -1.43. The molecule has 5 heteroatoms. The molecule has 3 N–H and O–H groups in total. The molecule has 0 aromatic heterocycles. The van der Waals surface area contributed by atoms with Gasteiger partial charge in [-0.3, -0.25) is 4.79 Å². The lowest BCUT2D eigenvalue weighted by Gasteiger charge is -2.23. The molecule has 1 unspecified atom stereocenters. The fourth-order valence-corrected chi connectivity index (χ4v) is 1.94. The summed E-state index contributed by atoms with van der Waals surface area (Å²) in [6.45, 7) is 3.22. The van der Waals surface area contributed by atoms with Crippen LogP contribution in [0.4, 0.5) is 0 Å². The Balaban J connectivity index is 1.84. The normalized spacial score (nSPS) is 19.7. The quantitative estimate of drug-likeness (QED) is 0.788. The standard InChI is InChI=1S/C13H18N2O3/c14-13(16)12-4-2-1-3-10(12)7-15-8-11-9-17-5-6-18-11/h1-4,11,15H,5-9H2,(H2,14,16). The molecular weight excluding hydrogens is 232 g/mol. The Morgan fingerprint density at radius 3 is 2.94 bits per heavy atom. The van der Waals surface area contributed by atoms with Crippen molar-refractivity contribution in [3.05, 3.63) is 35.4 Å². The SMILES string of the molecule is NC(=O)c1ccccc1CNCC1COCCO1. The van der Waals surface area contributed by atoms with Crippen LogP contribution in [0.15, 0.2) is 24.3 Å². The zero-order valence-electron chi connectivity index (χ0n) is 10.2. The van der Waals surface area contributed by atoms with Gasteiger partial charge in [0.25, 0.3) is 0 Å². The van der Waals surface area contributed by atoms with Gasteiger partial charge in [-0.15, -0.1) is 0 Å². The van der Waals surface area contributed by atoms with Gasteiger partial charge in [-0.2, -0.15) is 0 Å². The average molecular weight is 250 g/mol. The number of nitrogens with two attached hydrogens (primary N) is 1. The summed E-state index contributed by atoms with van der Waals surface area (Å²) in [7, 11) is 0. The van der Waals surface area contributed by atoms with E-state index in [2.05, 4.69) is 5.32 Å². The van der Waals surface area contributed by atoms with E-state index in [0.717, 1.165) is 5.56 Å². The Bertz CT molecular complexity index is 403. The van der Waals surface area contributed by atoms with E-state index >= 15 is 0 Å². The Kier molecular flexibility index (Phi) is 4.69. The first kappa shape index (κ1) is 13.0. The minimum Gasteiger partial charge on any atom is -0.376 e. The molecule has 0 spiro atoms. The maximum Gasteiger partial charge on any atom is 0.249 e. The molecule has 0 saturated carbocycles. The van der Waals surface area contributed by atoms with Crippen LogP contribution in [0.1, 0.15) is 15.9 Å². The number of amides is 1. The summed E-state index contributed by atoms with van der Waals surface area (Å²) in [4.78, 5) is 11.2. The maximum absolute atomic E-state index is 11.2. The molecule has 5 nitrogen and oxygen atoms in total. The zero-order valence-corrected chi connectivity index (χ0v) is 10.2. The fourth-order valence-electron chi connectivity index (χ4n) is 1.94. The summed E-state index contributed by atoms with van der Waals surface area (Å²) in [5.74, 6) is -0.398. The van der Waals surface area contributed by atoms with E-state index in [1.807, 2.05) is 18.2 Å². The van der Waals surface area contributed by atoms with Gasteiger partial charge in [-0.1, -0.05) is 18.2 Å². The van der Waals surface area contributed by atoms with E-state index in [1.165, 1.54) is 0 Å². The molecule has 1 amide bonds. The molecule has 1 aromatic rings. The summed E-state index contributed by atoms with van der Waals surface area (Å²) < 4.78 is 10.8. The molecule has 18 heavy (non-hydrogen) atoms. The van der Waals surface area contributed by atoms with Gasteiger partial charge in [-0.25, -0.2) is 0 Å². The first-order valence-corrected chi connectivity index (χ1v) is 6.05. The highest BCUT2D eigenvalue weighted by Gasteiger charge is 2.14. The smallest absolute Gasteiger partial charge is 0.249 e. The summed E-state index contributed by atoms with van der Waals surface area (Å²) in [5.41, 5.74) is 6.78. The van der Waals surface area contributed by atoms with Crippen LogP contribution in [0.3, 0.4) is 0 Å². The molecule has 0 radical (unpaired) electrons. The topological polar surface area (TPSA) is 73.6 Å². The van der Waals surface area contributed by atoms with E-state index < -0.39 is 5.91 Å². The van der Waals surface area contributed by atoms with Crippen molar-refractivity contribution in [2.24, 2.45) is 5.73 Å².